The molecule has 0 N–H and O–H groups in total. The zero-order chi connectivity index (χ0) is 15.7. The van der Waals surface area contributed by atoms with Crippen molar-refractivity contribution >= 4 is 11.1 Å². The van der Waals surface area contributed by atoms with Crippen LogP contribution in [0.1, 0.15) is 33.3 Å². The third-order valence-corrected chi connectivity index (χ3v) is 3.67. The van der Waals surface area contributed by atoms with Crippen molar-refractivity contribution in [1.29, 1.82) is 0 Å². The van der Waals surface area contributed by atoms with Crippen LogP contribution in [0.4, 0.5) is 0 Å². The normalized spacial score (nSPS) is 11.8. The predicted octanol–water partition coefficient (Wildman–Crippen LogP) is 5.19. The Morgan fingerprint density at radius 1 is 1.05 bits per heavy atom. The van der Waals surface area contributed by atoms with E-state index in [0.29, 0.717) is 12.5 Å². The quantitative estimate of drug-likeness (QED) is 0.667. The lowest BCUT2D eigenvalue weighted by molar-refractivity contribution is 0.340. The molecule has 3 rings (SSSR count). The second-order valence-electron chi connectivity index (χ2n) is 6.41. The van der Waals surface area contributed by atoms with Crippen LogP contribution in [0, 0.1) is 0 Å². The van der Waals surface area contributed by atoms with E-state index in [-0.39, 0.29) is 5.41 Å². The van der Waals surface area contributed by atoms with Crippen molar-refractivity contribution in [2.45, 2.75) is 33.1 Å². The lowest BCUT2D eigenvalue weighted by atomic mass is 9.87. The molecule has 1 aromatic heterocycles. The van der Waals surface area contributed by atoms with Crippen LogP contribution in [-0.2, 0) is 5.41 Å². The van der Waals surface area contributed by atoms with Gasteiger partial charge in [0.15, 0.2) is 5.58 Å². The van der Waals surface area contributed by atoms with Crippen molar-refractivity contribution in [3.05, 3.63) is 48.0 Å². The van der Waals surface area contributed by atoms with Gasteiger partial charge in [-0.15, -0.1) is 0 Å². The Bertz CT molecular complexity index is 779. The summed E-state index contributed by atoms with van der Waals surface area (Å²) in [7, 11) is 0. The van der Waals surface area contributed by atoms with E-state index in [1.165, 1.54) is 5.56 Å². The molecule has 0 aliphatic rings. The van der Waals surface area contributed by atoms with Crippen LogP contribution < -0.4 is 4.74 Å². The van der Waals surface area contributed by atoms with Gasteiger partial charge in [0.05, 0.1) is 6.61 Å². The molecule has 0 radical (unpaired) electrons. The van der Waals surface area contributed by atoms with Crippen molar-refractivity contribution in [2.75, 3.05) is 6.61 Å². The number of hydrogen-bond donors (Lipinski definition) is 0. The van der Waals surface area contributed by atoms with Crippen LogP contribution in [0.5, 0.6) is 5.75 Å². The van der Waals surface area contributed by atoms with Gasteiger partial charge < -0.3 is 9.15 Å². The van der Waals surface area contributed by atoms with Gasteiger partial charge in [-0.1, -0.05) is 26.8 Å². The lowest BCUT2D eigenvalue weighted by Crippen LogP contribution is -2.10. The standard InChI is InChI=1S/C19H21NO2/c1-5-21-15-9-6-13(7-10-15)18-20-16-12-14(19(2,3)4)8-11-17(16)22-18/h6-12H,5H2,1-4H3. The van der Waals surface area contributed by atoms with E-state index in [0.717, 1.165) is 22.4 Å². The van der Waals surface area contributed by atoms with Gasteiger partial charge >= 0.3 is 0 Å². The molecule has 0 aliphatic heterocycles. The van der Waals surface area contributed by atoms with Crippen LogP contribution in [0.25, 0.3) is 22.6 Å². The summed E-state index contributed by atoms with van der Waals surface area (Å²) in [6, 6.07) is 14.0. The summed E-state index contributed by atoms with van der Waals surface area (Å²) in [6.07, 6.45) is 0. The molecule has 1 heterocycles. The third-order valence-electron chi connectivity index (χ3n) is 3.67. The average Bonchev–Trinajstić information content (AvgIpc) is 2.90. The molecule has 0 atom stereocenters. The van der Waals surface area contributed by atoms with Crippen LogP contribution in [-0.4, -0.2) is 11.6 Å². The maximum atomic E-state index is 5.87. The van der Waals surface area contributed by atoms with Gasteiger partial charge in [-0.25, -0.2) is 4.98 Å². The summed E-state index contributed by atoms with van der Waals surface area (Å²) >= 11 is 0. The van der Waals surface area contributed by atoms with Crippen molar-refractivity contribution in [2.24, 2.45) is 0 Å². The number of fused-ring (bicyclic) bond motifs is 1. The minimum atomic E-state index is 0.104. The number of ether oxygens (including phenoxy) is 1. The number of nitrogens with zero attached hydrogens (tertiary/aromatic N) is 1. The van der Waals surface area contributed by atoms with Gasteiger partial charge in [-0.2, -0.15) is 0 Å². The Morgan fingerprint density at radius 3 is 2.41 bits per heavy atom. The van der Waals surface area contributed by atoms with Crippen molar-refractivity contribution in [3.63, 3.8) is 0 Å². The first kappa shape index (κ1) is 14.6. The average molecular weight is 295 g/mol. The number of oxazole rings is 1. The van der Waals surface area contributed by atoms with E-state index in [1.54, 1.807) is 0 Å². The second kappa shape index (κ2) is 5.48. The maximum absolute atomic E-state index is 5.87. The van der Waals surface area contributed by atoms with E-state index >= 15 is 0 Å². The van der Waals surface area contributed by atoms with Crippen LogP contribution in [0.3, 0.4) is 0 Å². The highest BCUT2D eigenvalue weighted by Gasteiger charge is 2.16. The minimum absolute atomic E-state index is 0.104. The summed E-state index contributed by atoms with van der Waals surface area (Å²) in [5, 5.41) is 0. The highest BCUT2D eigenvalue weighted by atomic mass is 16.5. The number of rotatable bonds is 3. The smallest absolute Gasteiger partial charge is 0.227 e. The Kier molecular flexibility index (Phi) is 3.65. The molecular weight excluding hydrogens is 274 g/mol. The molecule has 0 spiro atoms. The van der Waals surface area contributed by atoms with Crippen molar-refractivity contribution in [3.8, 4) is 17.2 Å². The Hall–Kier alpha value is -2.29. The summed E-state index contributed by atoms with van der Waals surface area (Å²) in [4.78, 5) is 4.63. The zero-order valence-corrected chi connectivity index (χ0v) is 13.5. The number of benzene rings is 2. The summed E-state index contributed by atoms with van der Waals surface area (Å²) in [5.74, 6) is 1.50. The Balaban J connectivity index is 1.97. The summed E-state index contributed by atoms with van der Waals surface area (Å²) < 4.78 is 11.3. The first-order valence-corrected chi connectivity index (χ1v) is 7.61. The van der Waals surface area contributed by atoms with Crippen LogP contribution in [0.2, 0.25) is 0 Å². The van der Waals surface area contributed by atoms with Gasteiger partial charge in [-0.3, -0.25) is 0 Å². The van der Waals surface area contributed by atoms with Gasteiger partial charge in [0.2, 0.25) is 5.89 Å². The van der Waals surface area contributed by atoms with Gasteiger partial charge in [0.25, 0.3) is 0 Å². The van der Waals surface area contributed by atoms with Gasteiger partial charge in [0.1, 0.15) is 11.3 Å². The molecule has 0 fully saturated rings. The minimum Gasteiger partial charge on any atom is -0.494 e. The van der Waals surface area contributed by atoms with Crippen LogP contribution >= 0.6 is 0 Å². The molecule has 3 aromatic rings. The number of hydrogen-bond acceptors (Lipinski definition) is 3. The van der Waals surface area contributed by atoms with E-state index in [4.69, 9.17) is 9.15 Å². The Morgan fingerprint density at radius 2 is 1.77 bits per heavy atom. The molecule has 0 aliphatic carbocycles. The molecule has 0 saturated heterocycles. The van der Waals surface area contributed by atoms with Crippen molar-refractivity contribution < 1.29 is 9.15 Å². The molecular formula is C19H21NO2. The molecule has 114 valence electrons. The summed E-state index contributed by atoms with van der Waals surface area (Å²) in [5.41, 5.74) is 4.03. The lowest BCUT2D eigenvalue weighted by Gasteiger charge is -2.18. The molecule has 0 amide bonds. The van der Waals surface area contributed by atoms with E-state index in [9.17, 15) is 0 Å². The van der Waals surface area contributed by atoms with Crippen molar-refractivity contribution in [1.82, 2.24) is 4.98 Å². The fraction of sp³-hybridized carbons (Fsp3) is 0.316. The molecule has 2 aromatic carbocycles. The number of aromatic nitrogens is 1. The molecule has 0 bridgehead atoms. The maximum Gasteiger partial charge on any atom is 0.227 e. The molecule has 3 nitrogen and oxygen atoms in total. The fourth-order valence-corrected chi connectivity index (χ4v) is 2.38. The largest absolute Gasteiger partial charge is 0.494 e. The highest BCUT2D eigenvalue weighted by Crippen LogP contribution is 2.29. The highest BCUT2D eigenvalue weighted by molar-refractivity contribution is 5.77. The van der Waals surface area contributed by atoms with Crippen LogP contribution in [0.15, 0.2) is 46.9 Å². The van der Waals surface area contributed by atoms with Gasteiger partial charge in [0, 0.05) is 5.56 Å². The SMILES string of the molecule is CCOc1ccc(-c2nc3cc(C(C)(C)C)ccc3o2)cc1. The van der Waals surface area contributed by atoms with E-state index in [2.05, 4.69) is 37.9 Å². The summed E-state index contributed by atoms with van der Waals surface area (Å²) in [6.45, 7) is 9.23. The molecule has 0 unspecified atom stereocenters. The predicted molar refractivity (Wildman–Crippen MR) is 89.3 cm³/mol. The Labute approximate surface area is 130 Å². The monoisotopic (exact) mass is 295 g/mol. The second-order valence-corrected chi connectivity index (χ2v) is 6.41. The molecule has 3 heteroatoms. The van der Waals surface area contributed by atoms with Gasteiger partial charge in [-0.05, 0) is 54.3 Å². The first-order chi connectivity index (χ1) is 10.5. The topological polar surface area (TPSA) is 35.3 Å². The fourth-order valence-electron chi connectivity index (χ4n) is 2.38. The first-order valence-electron chi connectivity index (χ1n) is 7.61. The molecule has 0 saturated carbocycles. The van der Waals surface area contributed by atoms with E-state index < -0.39 is 0 Å². The van der Waals surface area contributed by atoms with E-state index in [1.807, 2.05) is 37.3 Å². The zero-order valence-electron chi connectivity index (χ0n) is 13.5. The molecule has 22 heavy (non-hydrogen) atoms. The third kappa shape index (κ3) is 2.84.